The Morgan fingerprint density at radius 1 is 1.00 bits per heavy atom. The molecule has 122 valence electrons. The molecule has 0 aliphatic carbocycles. The molecule has 2 aromatic rings. The zero-order valence-electron chi connectivity index (χ0n) is 11.7. The number of carbonyl (C=O) groups excluding carboxylic acids is 1. The van der Waals surface area contributed by atoms with Crippen LogP contribution >= 0.6 is 34.8 Å². The number of rotatable bonds is 4. The van der Waals surface area contributed by atoms with E-state index in [1.807, 2.05) is 0 Å². The molecule has 2 N–H and O–H groups in total. The van der Waals surface area contributed by atoms with E-state index in [9.17, 15) is 13.2 Å². The Bertz CT molecular complexity index is 870. The number of nitrogens with one attached hydrogen (secondary N) is 2. The summed E-state index contributed by atoms with van der Waals surface area (Å²) in [6.07, 6.45) is 1.01. The molecule has 1 amide bonds. The van der Waals surface area contributed by atoms with Crippen LogP contribution in [0.5, 0.6) is 0 Å². The maximum atomic E-state index is 12.3. The van der Waals surface area contributed by atoms with Crippen molar-refractivity contribution < 1.29 is 13.2 Å². The highest BCUT2D eigenvalue weighted by atomic mass is 35.5. The van der Waals surface area contributed by atoms with Crippen LogP contribution in [0.4, 0.5) is 11.4 Å². The summed E-state index contributed by atoms with van der Waals surface area (Å²) in [5.74, 6) is -0.545. The molecule has 23 heavy (non-hydrogen) atoms. The van der Waals surface area contributed by atoms with Crippen molar-refractivity contribution in [2.24, 2.45) is 0 Å². The Hall–Kier alpha value is -1.47. The number of hydrogen-bond acceptors (Lipinski definition) is 3. The van der Waals surface area contributed by atoms with E-state index in [1.165, 1.54) is 24.3 Å². The number of carbonyl (C=O) groups is 1. The minimum atomic E-state index is -3.47. The van der Waals surface area contributed by atoms with Crippen LogP contribution in [0.1, 0.15) is 10.4 Å². The van der Waals surface area contributed by atoms with E-state index >= 15 is 0 Å². The van der Waals surface area contributed by atoms with Crippen LogP contribution < -0.4 is 10.0 Å². The minimum Gasteiger partial charge on any atom is -0.321 e. The molecule has 0 heterocycles. The summed E-state index contributed by atoms with van der Waals surface area (Å²) in [5.41, 5.74) is 0.636. The molecular formula is C14H11Cl3N2O3S. The van der Waals surface area contributed by atoms with Gasteiger partial charge in [0.1, 0.15) is 0 Å². The van der Waals surface area contributed by atoms with Crippen LogP contribution in [0, 0.1) is 0 Å². The van der Waals surface area contributed by atoms with Gasteiger partial charge in [-0.2, -0.15) is 0 Å². The quantitative estimate of drug-likeness (QED) is 0.814. The van der Waals surface area contributed by atoms with Crippen molar-refractivity contribution in [1.29, 1.82) is 0 Å². The molecule has 0 bridgehead atoms. The molecule has 0 radical (unpaired) electrons. The van der Waals surface area contributed by atoms with Gasteiger partial charge < -0.3 is 5.32 Å². The van der Waals surface area contributed by atoms with Gasteiger partial charge in [-0.05, 0) is 36.4 Å². The summed E-state index contributed by atoms with van der Waals surface area (Å²) in [7, 11) is -3.47. The Balaban J connectivity index is 2.31. The van der Waals surface area contributed by atoms with Crippen LogP contribution in [0.25, 0.3) is 0 Å². The summed E-state index contributed by atoms with van der Waals surface area (Å²) in [5, 5.41) is 3.46. The monoisotopic (exact) mass is 392 g/mol. The van der Waals surface area contributed by atoms with Crippen molar-refractivity contribution in [3.05, 3.63) is 57.0 Å². The molecule has 0 atom stereocenters. The van der Waals surface area contributed by atoms with Crippen molar-refractivity contribution in [2.75, 3.05) is 16.3 Å². The topological polar surface area (TPSA) is 75.3 Å². The molecule has 5 nitrogen and oxygen atoms in total. The Morgan fingerprint density at radius 3 is 2.30 bits per heavy atom. The van der Waals surface area contributed by atoms with Crippen molar-refractivity contribution in [2.45, 2.75) is 0 Å². The van der Waals surface area contributed by atoms with Crippen molar-refractivity contribution in [3.63, 3.8) is 0 Å². The number of hydrogen-bond donors (Lipinski definition) is 2. The normalized spacial score (nSPS) is 11.1. The van der Waals surface area contributed by atoms with Gasteiger partial charge in [0, 0.05) is 10.7 Å². The molecule has 0 unspecified atom stereocenters. The first kappa shape index (κ1) is 17.9. The van der Waals surface area contributed by atoms with Gasteiger partial charge in [0.2, 0.25) is 10.0 Å². The zero-order valence-corrected chi connectivity index (χ0v) is 14.8. The molecule has 2 rings (SSSR count). The average Bonchev–Trinajstić information content (AvgIpc) is 2.43. The van der Waals surface area contributed by atoms with Gasteiger partial charge in [0.05, 0.1) is 27.6 Å². The highest BCUT2D eigenvalue weighted by molar-refractivity contribution is 7.92. The number of halogens is 3. The van der Waals surface area contributed by atoms with E-state index in [2.05, 4.69) is 10.0 Å². The molecule has 0 saturated carbocycles. The standard InChI is InChI=1S/C14H11Cl3N2O3S/c1-23(21,22)19-9-3-5-11(16)10(7-9)14(20)18-13-6-8(15)2-4-12(13)17/h2-7,19H,1H3,(H,18,20). The largest absolute Gasteiger partial charge is 0.321 e. The first-order valence-electron chi connectivity index (χ1n) is 6.19. The van der Waals surface area contributed by atoms with Crippen molar-refractivity contribution in [3.8, 4) is 0 Å². The van der Waals surface area contributed by atoms with E-state index in [4.69, 9.17) is 34.8 Å². The smallest absolute Gasteiger partial charge is 0.257 e. The van der Waals surface area contributed by atoms with E-state index in [1.54, 1.807) is 12.1 Å². The maximum absolute atomic E-state index is 12.3. The van der Waals surface area contributed by atoms with E-state index in [0.29, 0.717) is 15.7 Å². The fraction of sp³-hybridized carbons (Fsp3) is 0.0714. The van der Waals surface area contributed by atoms with Crippen LogP contribution in [-0.2, 0) is 10.0 Å². The molecule has 0 spiro atoms. The van der Waals surface area contributed by atoms with Crippen LogP contribution in [0.3, 0.4) is 0 Å². The lowest BCUT2D eigenvalue weighted by atomic mass is 10.2. The number of sulfonamides is 1. The van der Waals surface area contributed by atoms with Crippen molar-refractivity contribution in [1.82, 2.24) is 0 Å². The third kappa shape index (κ3) is 5.00. The van der Waals surface area contributed by atoms with Crippen molar-refractivity contribution >= 4 is 62.1 Å². The predicted molar refractivity (Wildman–Crippen MR) is 94.3 cm³/mol. The highest BCUT2D eigenvalue weighted by Crippen LogP contribution is 2.27. The van der Waals surface area contributed by atoms with Gasteiger partial charge in [0.25, 0.3) is 5.91 Å². The van der Waals surface area contributed by atoms with E-state index in [-0.39, 0.29) is 16.3 Å². The Kier molecular flexibility index (Phi) is 5.41. The highest BCUT2D eigenvalue weighted by Gasteiger charge is 2.14. The molecule has 0 aliphatic heterocycles. The van der Waals surface area contributed by atoms with Gasteiger partial charge >= 0.3 is 0 Å². The first-order chi connectivity index (χ1) is 10.7. The number of amides is 1. The summed E-state index contributed by atoms with van der Waals surface area (Å²) in [6.45, 7) is 0. The fourth-order valence-electron chi connectivity index (χ4n) is 1.76. The van der Waals surface area contributed by atoms with Gasteiger partial charge in [-0.1, -0.05) is 34.8 Å². The lowest BCUT2D eigenvalue weighted by molar-refractivity contribution is 0.102. The SMILES string of the molecule is CS(=O)(=O)Nc1ccc(Cl)c(C(=O)Nc2cc(Cl)ccc2Cl)c1. The van der Waals surface area contributed by atoms with Gasteiger partial charge in [-0.15, -0.1) is 0 Å². The lowest BCUT2D eigenvalue weighted by Gasteiger charge is -2.11. The van der Waals surface area contributed by atoms with Crippen LogP contribution in [0.15, 0.2) is 36.4 Å². The molecule has 0 aliphatic rings. The second kappa shape index (κ2) is 6.97. The maximum Gasteiger partial charge on any atom is 0.257 e. The Labute approximate surface area is 148 Å². The first-order valence-corrected chi connectivity index (χ1v) is 9.22. The summed E-state index contributed by atoms with van der Waals surface area (Å²) in [6, 6.07) is 8.83. The average molecular weight is 394 g/mol. The van der Waals surface area contributed by atoms with Gasteiger partial charge in [0.15, 0.2) is 0 Å². The lowest BCUT2D eigenvalue weighted by Crippen LogP contribution is -2.14. The van der Waals surface area contributed by atoms with E-state index in [0.717, 1.165) is 6.26 Å². The van der Waals surface area contributed by atoms with Crippen LogP contribution in [0.2, 0.25) is 15.1 Å². The molecule has 0 fully saturated rings. The summed E-state index contributed by atoms with van der Waals surface area (Å²) < 4.78 is 24.8. The summed E-state index contributed by atoms with van der Waals surface area (Å²) in [4.78, 5) is 12.3. The third-order valence-electron chi connectivity index (χ3n) is 2.69. The summed E-state index contributed by atoms with van der Waals surface area (Å²) >= 11 is 17.9. The van der Waals surface area contributed by atoms with Gasteiger partial charge in [-0.25, -0.2) is 8.42 Å². The molecular weight excluding hydrogens is 383 g/mol. The second-order valence-corrected chi connectivity index (χ2v) is 7.65. The molecule has 0 aromatic heterocycles. The molecule has 0 saturated heterocycles. The van der Waals surface area contributed by atoms with E-state index < -0.39 is 15.9 Å². The zero-order chi connectivity index (χ0) is 17.2. The third-order valence-corrected chi connectivity index (χ3v) is 4.19. The predicted octanol–water partition coefficient (Wildman–Crippen LogP) is 4.27. The van der Waals surface area contributed by atoms with Gasteiger partial charge in [-0.3, -0.25) is 9.52 Å². The number of anilines is 2. The molecule has 9 heteroatoms. The number of benzene rings is 2. The Morgan fingerprint density at radius 2 is 1.65 bits per heavy atom. The minimum absolute atomic E-state index is 0.0939. The van der Waals surface area contributed by atoms with Crippen LogP contribution in [-0.4, -0.2) is 20.6 Å². The second-order valence-electron chi connectivity index (χ2n) is 4.65. The molecule has 2 aromatic carbocycles. The fourth-order valence-corrected chi connectivity index (χ4v) is 2.86.